The fraction of sp³-hybridized carbons (Fsp3) is 0.714. The van der Waals surface area contributed by atoms with Crippen LogP contribution in [0.15, 0.2) is 0 Å². The van der Waals surface area contributed by atoms with Gasteiger partial charge in [0.1, 0.15) is 11.6 Å². The van der Waals surface area contributed by atoms with E-state index in [9.17, 15) is 0 Å². The van der Waals surface area contributed by atoms with Crippen molar-refractivity contribution in [3.63, 3.8) is 0 Å². The summed E-state index contributed by atoms with van der Waals surface area (Å²) < 4.78 is 2.13. The monoisotopic (exact) mass is 152 g/mol. The molecule has 0 aliphatic carbocycles. The Morgan fingerprint density at radius 2 is 2.36 bits per heavy atom. The summed E-state index contributed by atoms with van der Waals surface area (Å²) in [5.74, 6) is 2.02. The molecule has 1 aliphatic rings. The summed E-state index contributed by atoms with van der Waals surface area (Å²) in [4.78, 5) is 0. The molecule has 0 saturated carbocycles. The van der Waals surface area contributed by atoms with Gasteiger partial charge in [0, 0.05) is 13.0 Å². The van der Waals surface area contributed by atoms with Crippen molar-refractivity contribution in [1.82, 2.24) is 14.8 Å². The molecule has 11 heavy (non-hydrogen) atoms. The smallest absolute Gasteiger partial charge is 0.149 e. The number of nitrogens with two attached hydrogens (primary N) is 1. The minimum Gasteiger partial charge on any atom is -0.322 e. The van der Waals surface area contributed by atoms with Crippen LogP contribution in [0.2, 0.25) is 0 Å². The highest BCUT2D eigenvalue weighted by Crippen LogP contribution is 2.16. The van der Waals surface area contributed by atoms with Gasteiger partial charge in [0.05, 0.1) is 6.04 Å². The summed E-state index contributed by atoms with van der Waals surface area (Å²) >= 11 is 0. The van der Waals surface area contributed by atoms with E-state index in [1.54, 1.807) is 0 Å². The number of aryl methyl sites for hydroxylation is 1. The molecule has 0 aromatic carbocycles. The fourth-order valence-corrected chi connectivity index (χ4v) is 1.51. The normalized spacial score (nSPS) is 18.4. The topological polar surface area (TPSA) is 56.7 Å². The zero-order valence-electron chi connectivity index (χ0n) is 6.62. The summed E-state index contributed by atoms with van der Waals surface area (Å²) in [6.07, 6.45) is 2.24. The molecule has 2 rings (SSSR count). The number of rotatable bonds is 1. The van der Waals surface area contributed by atoms with Crippen LogP contribution in [0.1, 0.15) is 31.0 Å². The predicted octanol–water partition coefficient (Wildman–Crippen LogP) is 0.244. The average Bonchev–Trinajstić information content (AvgIpc) is 2.41. The van der Waals surface area contributed by atoms with Crippen molar-refractivity contribution in [2.75, 3.05) is 0 Å². The lowest BCUT2D eigenvalue weighted by Gasteiger charge is -2.04. The molecule has 60 valence electrons. The van der Waals surface area contributed by atoms with Crippen LogP contribution in [0.25, 0.3) is 0 Å². The first-order valence-electron chi connectivity index (χ1n) is 3.96. The van der Waals surface area contributed by atoms with Crippen molar-refractivity contribution in [3.8, 4) is 0 Å². The van der Waals surface area contributed by atoms with Crippen LogP contribution in [-0.2, 0) is 13.0 Å². The van der Waals surface area contributed by atoms with E-state index in [2.05, 4.69) is 14.8 Å². The first kappa shape index (κ1) is 6.79. The summed E-state index contributed by atoms with van der Waals surface area (Å²) in [5, 5.41) is 8.08. The highest BCUT2D eigenvalue weighted by atomic mass is 15.3. The molecule has 2 N–H and O–H groups in total. The lowest BCUT2D eigenvalue weighted by molar-refractivity contribution is 0.632. The summed E-state index contributed by atoms with van der Waals surface area (Å²) in [7, 11) is 0. The van der Waals surface area contributed by atoms with Crippen LogP contribution in [0.4, 0.5) is 0 Å². The maximum Gasteiger partial charge on any atom is 0.149 e. The lowest BCUT2D eigenvalue weighted by atomic mass is 10.3. The maximum absolute atomic E-state index is 5.71. The van der Waals surface area contributed by atoms with Gasteiger partial charge in [-0.15, -0.1) is 10.2 Å². The van der Waals surface area contributed by atoms with E-state index in [0.717, 1.165) is 24.6 Å². The van der Waals surface area contributed by atoms with Gasteiger partial charge in [-0.3, -0.25) is 0 Å². The molecule has 0 fully saturated rings. The quantitative estimate of drug-likeness (QED) is 0.627. The Morgan fingerprint density at radius 3 is 3.09 bits per heavy atom. The van der Waals surface area contributed by atoms with Crippen LogP contribution in [0.3, 0.4) is 0 Å². The van der Waals surface area contributed by atoms with Gasteiger partial charge in [0.2, 0.25) is 0 Å². The zero-order valence-corrected chi connectivity index (χ0v) is 6.62. The number of nitrogens with zero attached hydrogens (tertiary/aromatic N) is 3. The first-order chi connectivity index (χ1) is 5.29. The van der Waals surface area contributed by atoms with Gasteiger partial charge < -0.3 is 10.3 Å². The second kappa shape index (κ2) is 2.30. The molecular formula is C7H12N4. The minimum absolute atomic E-state index is 0.00866. The molecule has 0 bridgehead atoms. The zero-order chi connectivity index (χ0) is 7.84. The molecule has 4 heteroatoms. The van der Waals surface area contributed by atoms with Gasteiger partial charge in [-0.25, -0.2) is 0 Å². The average molecular weight is 152 g/mol. The molecule has 0 radical (unpaired) electrons. The Morgan fingerprint density at radius 1 is 1.55 bits per heavy atom. The van der Waals surface area contributed by atoms with Crippen LogP contribution in [-0.4, -0.2) is 14.8 Å². The van der Waals surface area contributed by atoms with E-state index < -0.39 is 0 Å². The van der Waals surface area contributed by atoms with Crippen molar-refractivity contribution in [2.24, 2.45) is 5.73 Å². The van der Waals surface area contributed by atoms with Gasteiger partial charge in [0.15, 0.2) is 0 Å². The van der Waals surface area contributed by atoms with E-state index in [1.807, 2.05) is 6.92 Å². The molecule has 0 unspecified atom stereocenters. The van der Waals surface area contributed by atoms with E-state index >= 15 is 0 Å². The second-order valence-corrected chi connectivity index (χ2v) is 3.02. The SMILES string of the molecule is C[C@@H](N)c1nnc2n1CCC2. The molecule has 1 atom stereocenters. The molecule has 0 amide bonds. The van der Waals surface area contributed by atoms with Crippen LogP contribution in [0.5, 0.6) is 0 Å². The van der Waals surface area contributed by atoms with Gasteiger partial charge in [-0.05, 0) is 13.3 Å². The van der Waals surface area contributed by atoms with Gasteiger partial charge in [0.25, 0.3) is 0 Å². The molecule has 1 aromatic rings. The number of fused-ring (bicyclic) bond motifs is 1. The Bertz CT molecular complexity index is 263. The highest BCUT2D eigenvalue weighted by molar-refractivity contribution is 5.03. The Kier molecular flexibility index (Phi) is 1.42. The van der Waals surface area contributed by atoms with Gasteiger partial charge in [-0.2, -0.15) is 0 Å². The number of hydrogen-bond acceptors (Lipinski definition) is 3. The summed E-state index contributed by atoms with van der Waals surface area (Å²) in [5.41, 5.74) is 5.71. The highest BCUT2D eigenvalue weighted by Gasteiger charge is 2.18. The van der Waals surface area contributed by atoms with Crippen molar-refractivity contribution in [2.45, 2.75) is 32.4 Å². The Hall–Kier alpha value is -0.900. The van der Waals surface area contributed by atoms with Crippen LogP contribution < -0.4 is 5.73 Å². The summed E-state index contributed by atoms with van der Waals surface area (Å²) in [6.45, 7) is 2.98. The fourth-order valence-electron chi connectivity index (χ4n) is 1.51. The Labute approximate surface area is 65.4 Å². The van der Waals surface area contributed by atoms with Crippen molar-refractivity contribution in [1.29, 1.82) is 0 Å². The van der Waals surface area contributed by atoms with Crippen molar-refractivity contribution >= 4 is 0 Å². The third-order valence-corrected chi connectivity index (χ3v) is 2.05. The first-order valence-corrected chi connectivity index (χ1v) is 3.96. The van der Waals surface area contributed by atoms with Crippen molar-refractivity contribution < 1.29 is 0 Å². The maximum atomic E-state index is 5.71. The number of aromatic nitrogens is 3. The molecule has 1 aliphatic heterocycles. The molecule has 0 saturated heterocycles. The predicted molar refractivity (Wildman–Crippen MR) is 40.9 cm³/mol. The third-order valence-electron chi connectivity index (χ3n) is 2.05. The van der Waals surface area contributed by atoms with Gasteiger partial charge in [-0.1, -0.05) is 0 Å². The van der Waals surface area contributed by atoms with Gasteiger partial charge >= 0.3 is 0 Å². The lowest BCUT2D eigenvalue weighted by Crippen LogP contribution is -2.12. The molecule has 0 spiro atoms. The van der Waals surface area contributed by atoms with Crippen LogP contribution >= 0.6 is 0 Å². The molecular weight excluding hydrogens is 140 g/mol. The second-order valence-electron chi connectivity index (χ2n) is 3.02. The van der Waals surface area contributed by atoms with E-state index in [-0.39, 0.29) is 6.04 Å². The van der Waals surface area contributed by atoms with E-state index in [4.69, 9.17) is 5.73 Å². The number of hydrogen-bond donors (Lipinski definition) is 1. The van der Waals surface area contributed by atoms with E-state index in [0.29, 0.717) is 0 Å². The van der Waals surface area contributed by atoms with Crippen LogP contribution in [0, 0.1) is 0 Å². The largest absolute Gasteiger partial charge is 0.322 e. The minimum atomic E-state index is 0.00866. The molecule has 2 heterocycles. The Balaban J connectivity index is 2.42. The van der Waals surface area contributed by atoms with E-state index in [1.165, 1.54) is 6.42 Å². The standard InChI is InChI=1S/C7H12N4/c1-5(8)7-10-9-6-3-2-4-11(6)7/h5H,2-4,8H2,1H3/t5-/m1/s1. The molecule has 4 nitrogen and oxygen atoms in total. The summed E-state index contributed by atoms with van der Waals surface area (Å²) in [6, 6.07) is 0.00866. The molecule has 1 aromatic heterocycles. The third kappa shape index (κ3) is 0.939. The van der Waals surface area contributed by atoms with Crippen molar-refractivity contribution in [3.05, 3.63) is 11.6 Å².